The minimum absolute atomic E-state index is 0.00200. The average Bonchev–Trinajstić information content (AvgIpc) is 2.94. The summed E-state index contributed by atoms with van der Waals surface area (Å²) in [7, 11) is -6.74. The molecule has 13 heteroatoms. The molecule has 1 amide bonds. The van der Waals surface area contributed by atoms with Gasteiger partial charge in [0.25, 0.3) is 10.0 Å². The van der Waals surface area contributed by atoms with E-state index in [1.807, 2.05) is 0 Å². The number of ether oxygens (including phenoxy) is 2. The Balaban J connectivity index is 1.65. The van der Waals surface area contributed by atoms with Gasteiger partial charge in [-0.05, 0) is 55.0 Å². The smallest absolute Gasteiger partial charge is 0.264 e. The number of rotatable bonds is 9. The maximum absolute atomic E-state index is 13.6. The number of nitrogens with zero attached hydrogens (tertiary/aromatic N) is 2. The van der Waals surface area contributed by atoms with E-state index in [1.165, 1.54) is 47.8 Å². The number of hydrogen-bond acceptors (Lipinski definition) is 7. The molecule has 10 nitrogen and oxygen atoms in total. The Morgan fingerprint density at radius 3 is 2.36 bits per heavy atom. The normalized spacial score (nSPS) is 14.5. The molecule has 0 aliphatic carbocycles. The number of benzene rings is 3. The summed E-state index contributed by atoms with van der Waals surface area (Å²) in [5.41, 5.74) is 1.11. The van der Waals surface area contributed by atoms with Gasteiger partial charge in [-0.2, -0.15) is 4.31 Å². The first-order chi connectivity index (χ1) is 18.5. The monoisotopic (exact) mass is 593 g/mol. The Bertz CT molecular complexity index is 1560. The summed E-state index contributed by atoms with van der Waals surface area (Å²) >= 11 is 6.27. The van der Waals surface area contributed by atoms with Crippen molar-refractivity contribution in [3.63, 3.8) is 0 Å². The molecule has 1 aliphatic rings. The largest absolute Gasteiger partial charge is 0.495 e. The van der Waals surface area contributed by atoms with Crippen molar-refractivity contribution >= 4 is 48.9 Å². The molecule has 0 bridgehead atoms. The average molecular weight is 594 g/mol. The highest BCUT2D eigenvalue weighted by molar-refractivity contribution is 7.92. The van der Waals surface area contributed by atoms with Crippen LogP contribution in [0.1, 0.15) is 5.56 Å². The van der Waals surface area contributed by atoms with Gasteiger partial charge in [0.2, 0.25) is 15.9 Å². The number of methoxy groups -OCH3 is 1. The molecule has 0 radical (unpaired) electrons. The SMILES string of the molecule is COc1ccc(NC(=O)CN(c2ccc(C)c(Cl)c2)S(=O)(=O)c2ccccc2)cc1S(=O)(=O)N1CCOCC1. The molecule has 1 N–H and O–H groups in total. The van der Waals surface area contributed by atoms with Crippen LogP contribution in [0.5, 0.6) is 5.75 Å². The lowest BCUT2D eigenvalue weighted by Gasteiger charge is -2.27. The van der Waals surface area contributed by atoms with Crippen LogP contribution in [0.4, 0.5) is 11.4 Å². The summed E-state index contributed by atoms with van der Waals surface area (Å²) in [6, 6.07) is 16.6. The molecule has 39 heavy (non-hydrogen) atoms. The molecule has 1 saturated heterocycles. The molecule has 0 saturated carbocycles. The van der Waals surface area contributed by atoms with Gasteiger partial charge in [0.15, 0.2) is 0 Å². The van der Waals surface area contributed by atoms with Crippen molar-refractivity contribution < 1.29 is 31.1 Å². The van der Waals surface area contributed by atoms with Crippen molar-refractivity contribution in [2.45, 2.75) is 16.7 Å². The minimum atomic E-state index is -4.15. The minimum Gasteiger partial charge on any atom is -0.495 e. The Labute approximate surface area is 233 Å². The Morgan fingerprint density at radius 2 is 1.72 bits per heavy atom. The van der Waals surface area contributed by atoms with E-state index in [4.69, 9.17) is 21.1 Å². The van der Waals surface area contributed by atoms with Gasteiger partial charge in [-0.15, -0.1) is 0 Å². The zero-order valence-electron chi connectivity index (χ0n) is 21.3. The fraction of sp³-hybridized carbons (Fsp3) is 0.269. The molecule has 0 spiro atoms. The van der Waals surface area contributed by atoms with Gasteiger partial charge in [-0.1, -0.05) is 35.9 Å². The molecule has 0 aromatic heterocycles. The third-order valence-corrected chi connectivity index (χ3v) is 10.2. The molecule has 1 heterocycles. The predicted octanol–water partition coefficient (Wildman–Crippen LogP) is 3.51. The van der Waals surface area contributed by atoms with Crippen molar-refractivity contribution in [2.75, 3.05) is 49.6 Å². The first-order valence-electron chi connectivity index (χ1n) is 11.9. The number of sulfonamides is 2. The first kappa shape index (κ1) is 28.8. The third kappa shape index (κ3) is 6.36. The summed E-state index contributed by atoms with van der Waals surface area (Å²) in [5.74, 6) is -0.576. The van der Waals surface area contributed by atoms with E-state index in [9.17, 15) is 21.6 Å². The standard InChI is InChI=1S/C26H28ClN3O7S2/c1-19-8-10-21(17-23(19)27)30(38(32,33)22-6-4-3-5-7-22)18-26(31)28-20-9-11-24(36-2)25(16-20)39(34,35)29-12-14-37-15-13-29/h3-11,16-17H,12-15,18H2,1-2H3,(H,28,31). The van der Waals surface area contributed by atoms with Crippen molar-refractivity contribution in [3.05, 3.63) is 77.3 Å². The molecule has 0 atom stereocenters. The zero-order chi connectivity index (χ0) is 28.2. The van der Waals surface area contributed by atoms with E-state index in [0.717, 1.165) is 9.87 Å². The van der Waals surface area contributed by atoms with Crippen molar-refractivity contribution in [1.29, 1.82) is 0 Å². The summed E-state index contributed by atoms with van der Waals surface area (Å²) in [5, 5.41) is 2.96. The van der Waals surface area contributed by atoms with Gasteiger partial charge >= 0.3 is 0 Å². The van der Waals surface area contributed by atoms with Crippen LogP contribution in [0.25, 0.3) is 0 Å². The lowest BCUT2D eigenvalue weighted by atomic mass is 10.2. The molecular formula is C26H28ClN3O7S2. The molecule has 3 aromatic rings. The molecule has 1 aliphatic heterocycles. The Morgan fingerprint density at radius 1 is 1.03 bits per heavy atom. The van der Waals surface area contributed by atoms with Crippen LogP contribution in [-0.2, 0) is 29.6 Å². The highest BCUT2D eigenvalue weighted by Crippen LogP contribution is 2.31. The Hall–Kier alpha value is -3.16. The summed E-state index contributed by atoms with van der Waals surface area (Å²) in [4.78, 5) is 13.1. The van der Waals surface area contributed by atoms with E-state index >= 15 is 0 Å². The molecule has 3 aromatic carbocycles. The van der Waals surface area contributed by atoms with E-state index in [0.29, 0.717) is 5.02 Å². The fourth-order valence-electron chi connectivity index (χ4n) is 3.98. The predicted molar refractivity (Wildman–Crippen MR) is 148 cm³/mol. The van der Waals surface area contributed by atoms with Crippen LogP contribution in [-0.4, -0.2) is 67.0 Å². The van der Waals surface area contributed by atoms with Gasteiger partial charge in [0.1, 0.15) is 17.2 Å². The van der Waals surface area contributed by atoms with E-state index in [2.05, 4.69) is 5.32 Å². The van der Waals surface area contributed by atoms with E-state index in [1.54, 1.807) is 37.3 Å². The zero-order valence-corrected chi connectivity index (χ0v) is 23.7. The highest BCUT2D eigenvalue weighted by atomic mass is 35.5. The van der Waals surface area contributed by atoms with E-state index in [-0.39, 0.29) is 53.2 Å². The topological polar surface area (TPSA) is 122 Å². The first-order valence-corrected chi connectivity index (χ1v) is 15.2. The summed E-state index contributed by atoms with van der Waals surface area (Å²) in [6.07, 6.45) is 0. The van der Waals surface area contributed by atoms with Gasteiger partial charge in [0.05, 0.1) is 30.9 Å². The lowest BCUT2D eigenvalue weighted by molar-refractivity contribution is -0.114. The molecular weight excluding hydrogens is 566 g/mol. The van der Waals surface area contributed by atoms with Crippen LogP contribution >= 0.6 is 11.6 Å². The van der Waals surface area contributed by atoms with Crippen molar-refractivity contribution in [3.8, 4) is 5.75 Å². The maximum atomic E-state index is 13.6. The van der Waals surface area contributed by atoms with Crippen LogP contribution in [0.15, 0.2) is 76.5 Å². The van der Waals surface area contributed by atoms with Crippen LogP contribution < -0.4 is 14.4 Å². The van der Waals surface area contributed by atoms with Gasteiger partial charge < -0.3 is 14.8 Å². The van der Waals surface area contributed by atoms with Crippen molar-refractivity contribution in [1.82, 2.24) is 4.31 Å². The number of carbonyl (C=O) groups excluding carboxylic acids is 1. The quantitative estimate of drug-likeness (QED) is 0.403. The number of nitrogens with one attached hydrogen (secondary N) is 1. The summed E-state index contributed by atoms with van der Waals surface area (Å²) < 4.78 is 66.5. The van der Waals surface area contributed by atoms with Crippen LogP contribution in [0.2, 0.25) is 5.02 Å². The van der Waals surface area contributed by atoms with Crippen molar-refractivity contribution in [2.24, 2.45) is 0 Å². The number of amides is 1. The third-order valence-electron chi connectivity index (χ3n) is 6.10. The number of hydrogen-bond donors (Lipinski definition) is 1. The maximum Gasteiger partial charge on any atom is 0.264 e. The molecule has 208 valence electrons. The molecule has 0 unspecified atom stereocenters. The second-order valence-corrected chi connectivity index (χ2v) is 12.9. The van der Waals surface area contributed by atoms with Gasteiger partial charge in [0, 0.05) is 23.8 Å². The van der Waals surface area contributed by atoms with Crippen LogP contribution in [0, 0.1) is 6.92 Å². The molecule has 1 fully saturated rings. The number of aryl methyl sites for hydroxylation is 1. The fourth-order valence-corrected chi connectivity index (χ4v) is 7.18. The lowest BCUT2D eigenvalue weighted by Crippen LogP contribution is -2.40. The van der Waals surface area contributed by atoms with Crippen LogP contribution in [0.3, 0.4) is 0 Å². The highest BCUT2D eigenvalue weighted by Gasteiger charge is 2.31. The second-order valence-electron chi connectivity index (χ2n) is 8.69. The Kier molecular flexibility index (Phi) is 8.82. The second kappa shape index (κ2) is 11.9. The number of anilines is 2. The summed E-state index contributed by atoms with van der Waals surface area (Å²) in [6.45, 7) is 2.11. The number of carbonyl (C=O) groups is 1. The van der Waals surface area contributed by atoms with Gasteiger partial charge in [-0.25, -0.2) is 16.8 Å². The number of morpholine rings is 1. The van der Waals surface area contributed by atoms with Gasteiger partial charge in [-0.3, -0.25) is 9.10 Å². The van der Waals surface area contributed by atoms with E-state index < -0.39 is 32.5 Å². The molecule has 4 rings (SSSR count). The number of halogens is 1.